The smallest absolute Gasteiger partial charge is 0.0881 e. The third-order valence-electron chi connectivity index (χ3n) is 8.58. The molecule has 0 aliphatic carbocycles. The van der Waals surface area contributed by atoms with Crippen LogP contribution in [0.1, 0.15) is 81.3 Å². The minimum absolute atomic E-state index is 0. The first kappa shape index (κ1) is 37.5. The Labute approximate surface area is 290 Å². The molecule has 0 fully saturated rings. The Bertz CT molecular complexity index is 1670. The predicted molar refractivity (Wildman–Crippen MR) is 191 cm³/mol. The fourth-order valence-electron chi connectivity index (χ4n) is 5.52. The van der Waals surface area contributed by atoms with Gasteiger partial charge in [0.15, 0.2) is 0 Å². The molecule has 5 aromatic rings. The Hall–Kier alpha value is -2.95. The molecular weight excluding hydrogens is 745 g/mol. The van der Waals surface area contributed by atoms with E-state index in [9.17, 15) is 10.2 Å². The van der Waals surface area contributed by atoms with Gasteiger partial charge in [0.25, 0.3) is 0 Å². The summed E-state index contributed by atoms with van der Waals surface area (Å²) < 4.78 is 0. The summed E-state index contributed by atoms with van der Waals surface area (Å²) in [6, 6.07) is 23.2. The maximum atomic E-state index is 9.76. The van der Waals surface area contributed by atoms with Gasteiger partial charge >= 0.3 is 0 Å². The van der Waals surface area contributed by atoms with E-state index in [0.717, 1.165) is 39.1 Å². The summed E-state index contributed by atoms with van der Waals surface area (Å²) in [5.41, 5.74) is 12.8. The molecule has 0 spiro atoms. The number of benzene rings is 4. The first-order valence-electron chi connectivity index (χ1n) is 16.0. The van der Waals surface area contributed by atoms with E-state index in [1.54, 1.807) is 0 Å². The molecule has 0 saturated heterocycles. The molecule has 247 valence electrons. The number of aromatic nitrogens is 2. The van der Waals surface area contributed by atoms with Gasteiger partial charge in [0.05, 0.1) is 28.9 Å². The van der Waals surface area contributed by atoms with Crippen LogP contribution < -0.4 is 0 Å². The molecule has 5 rings (SSSR count). The second-order valence-electron chi connectivity index (χ2n) is 15.2. The standard InChI is InChI=1S/C30H27N2.C11H24O2.Ir/c1-17-7-18(2)10-25(9-17)29-30(26-11-19(3)8-20(4)12-26)32-28-16-24-14-22(6)21(5)13-23(24)15-27(28)31-29;1-10(2,3)8(12)7-9(13)11(4,5)6;/h7-11,13-16H,1-6H3;8-9,12-13H,7H2,1-6H3;/q-1;;. The Balaban J connectivity index is 0.000000352. The van der Waals surface area contributed by atoms with Crippen LogP contribution in [0, 0.1) is 58.4 Å². The number of rotatable bonds is 4. The summed E-state index contributed by atoms with van der Waals surface area (Å²) in [6.45, 7) is 24.7. The fourth-order valence-corrected chi connectivity index (χ4v) is 5.52. The second-order valence-corrected chi connectivity index (χ2v) is 15.2. The molecule has 0 amide bonds. The molecule has 46 heavy (non-hydrogen) atoms. The number of aliphatic hydroxyl groups excluding tert-OH is 2. The molecule has 1 radical (unpaired) electrons. The Morgan fingerprint density at radius 3 is 1.46 bits per heavy atom. The molecule has 1 heterocycles. The van der Waals surface area contributed by atoms with Gasteiger partial charge in [-0.05, 0) is 78.1 Å². The molecule has 5 heteroatoms. The van der Waals surface area contributed by atoms with E-state index < -0.39 is 12.2 Å². The molecule has 1 aromatic heterocycles. The molecule has 2 unspecified atom stereocenters. The van der Waals surface area contributed by atoms with Crippen LogP contribution in [-0.2, 0) is 20.1 Å². The zero-order valence-electron chi connectivity index (χ0n) is 29.7. The summed E-state index contributed by atoms with van der Waals surface area (Å²) in [5, 5.41) is 21.9. The van der Waals surface area contributed by atoms with Crippen LogP contribution in [0.4, 0.5) is 0 Å². The average molecular weight is 796 g/mol. The van der Waals surface area contributed by atoms with Crippen molar-refractivity contribution in [2.24, 2.45) is 10.8 Å². The number of aryl methyl sites for hydroxylation is 6. The maximum absolute atomic E-state index is 9.76. The van der Waals surface area contributed by atoms with Crippen LogP contribution in [-0.4, -0.2) is 32.4 Å². The van der Waals surface area contributed by atoms with Gasteiger partial charge in [0.2, 0.25) is 0 Å². The summed E-state index contributed by atoms with van der Waals surface area (Å²) in [4.78, 5) is 10.4. The molecule has 0 bridgehead atoms. The van der Waals surface area contributed by atoms with Crippen LogP contribution in [0.5, 0.6) is 0 Å². The zero-order chi connectivity index (χ0) is 33.4. The van der Waals surface area contributed by atoms with Crippen molar-refractivity contribution in [3.8, 4) is 22.5 Å². The van der Waals surface area contributed by atoms with Crippen molar-refractivity contribution in [1.82, 2.24) is 9.97 Å². The summed E-state index contributed by atoms with van der Waals surface area (Å²) in [7, 11) is 0. The average Bonchev–Trinajstić information content (AvgIpc) is 2.90. The summed E-state index contributed by atoms with van der Waals surface area (Å²) >= 11 is 0. The number of nitrogens with zero attached hydrogens (tertiary/aromatic N) is 2. The first-order valence-corrected chi connectivity index (χ1v) is 16.0. The molecule has 4 aromatic carbocycles. The van der Waals surface area contributed by atoms with E-state index in [1.807, 2.05) is 41.5 Å². The molecule has 2 atom stereocenters. The van der Waals surface area contributed by atoms with E-state index in [2.05, 4.69) is 102 Å². The van der Waals surface area contributed by atoms with Crippen LogP contribution in [0.15, 0.2) is 54.6 Å². The van der Waals surface area contributed by atoms with E-state index >= 15 is 0 Å². The van der Waals surface area contributed by atoms with Crippen molar-refractivity contribution in [2.45, 2.75) is 102 Å². The molecule has 0 aliphatic heterocycles. The van der Waals surface area contributed by atoms with Gasteiger partial charge in [-0.2, -0.15) is 0 Å². The van der Waals surface area contributed by atoms with Crippen molar-refractivity contribution < 1.29 is 30.3 Å². The van der Waals surface area contributed by atoms with Crippen molar-refractivity contribution in [1.29, 1.82) is 0 Å². The zero-order valence-corrected chi connectivity index (χ0v) is 32.1. The van der Waals surface area contributed by atoms with Crippen molar-refractivity contribution in [2.75, 3.05) is 0 Å². The van der Waals surface area contributed by atoms with E-state index in [1.165, 1.54) is 38.6 Å². The number of hydrogen-bond donors (Lipinski definition) is 2. The fraction of sp³-hybridized carbons (Fsp3) is 0.415. The van der Waals surface area contributed by atoms with Gasteiger partial charge in [-0.1, -0.05) is 96.8 Å². The summed E-state index contributed by atoms with van der Waals surface area (Å²) in [5.74, 6) is 0. The quantitative estimate of drug-likeness (QED) is 0.141. The molecular formula is C41H51IrN2O2-. The minimum Gasteiger partial charge on any atom is -0.392 e. The molecule has 4 nitrogen and oxygen atoms in total. The molecule has 0 saturated carbocycles. The predicted octanol–water partition coefficient (Wildman–Crippen LogP) is 9.96. The molecule has 0 aliphatic rings. The second kappa shape index (κ2) is 14.4. The van der Waals surface area contributed by atoms with Crippen LogP contribution in [0.25, 0.3) is 44.3 Å². The van der Waals surface area contributed by atoms with Gasteiger partial charge < -0.3 is 10.2 Å². The van der Waals surface area contributed by atoms with Gasteiger partial charge in [0.1, 0.15) is 0 Å². The van der Waals surface area contributed by atoms with Crippen LogP contribution in [0.2, 0.25) is 0 Å². The minimum atomic E-state index is -0.443. The van der Waals surface area contributed by atoms with E-state index in [0.29, 0.717) is 6.42 Å². The largest absolute Gasteiger partial charge is 0.392 e. The maximum Gasteiger partial charge on any atom is 0.0881 e. The van der Waals surface area contributed by atoms with E-state index in [4.69, 9.17) is 9.97 Å². The van der Waals surface area contributed by atoms with Crippen LogP contribution in [0.3, 0.4) is 0 Å². The normalized spacial score (nSPS) is 13.2. The number of hydrogen-bond acceptors (Lipinski definition) is 4. The first-order chi connectivity index (χ1) is 20.8. The van der Waals surface area contributed by atoms with Crippen molar-refractivity contribution in [3.05, 3.63) is 94.0 Å². The third-order valence-corrected chi connectivity index (χ3v) is 8.58. The Morgan fingerprint density at radius 1 is 0.587 bits per heavy atom. The van der Waals surface area contributed by atoms with Gasteiger partial charge in [-0.3, -0.25) is 9.97 Å². The van der Waals surface area contributed by atoms with Gasteiger partial charge in [0, 0.05) is 32.2 Å². The van der Waals surface area contributed by atoms with Gasteiger partial charge in [-0.25, -0.2) is 0 Å². The topological polar surface area (TPSA) is 66.2 Å². The molecule has 2 N–H and O–H groups in total. The van der Waals surface area contributed by atoms with E-state index in [-0.39, 0.29) is 30.9 Å². The van der Waals surface area contributed by atoms with Crippen molar-refractivity contribution >= 4 is 21.8 Å². The number of fused-ring (bicyclic) bond motifs is 2. The third kappa shape index (κ3) is 9.10. The SMILES string of the molecule is CC(C)(C)C(O)CC(O)C(C)(C)C.Cc1[c-]c(-c2nc3cc4cc(C)c(C)cc4cc3nc2-c2cc(C)cc(C)c2)cc(C)c1.[Ir]. The van der Waals surface area contributed by atoms with Crippen molar-refractivity contribution in [3.63, 3.8) is 0 Å². The monoisotopic (exact) mass is 796 g/mol. The Kier molecular flexibility index (Phi) is 11.8. The number of aliphatic hydroxyl groups is 2. The Morgan fingerprint density at radius 2 is 1.02 bits per heavy atom. The van der Waals surface area contributed by atoms with Gasteiger partial charge in [-0.15, -0.1) is 34.9 Å². The summed E-state index contributed by atoms with van der Waals surface area (Å²) in [6.07, 6.45) is -0.434. The van der Waals surface area contributed by atoms with Crippen LogP contribution >= 0.6 is 0 Å².